The Balaban J connectivity index is 1.64. The van der Waals surface area contributed by atoms with Crippen LogP contribution in [0.3, 0.4) is 0 Å². The predicted octanol–water partition coefficient (Wildman–Crippen LogP) is 3.88. The number of aryl methyl sites for hydroxylation is 1. The number of benzene rings is 2. The average molecular weight is 342 g/mol. The largest absolute Gasteiger partial charge is 0.497 e. The summed E-state index contributed by atoms with van der Waals surface area (Å²) in [5.74, 6) is 1.45. The second kappa shape index (κ2) is 7.31. The van der Waals surface area contributed by atoms with Crippen molar-refractivity contribution < 1.29 is 14.3 Å². The van der Waals surface area contributed by atoms with Gasteiger partial charge in [-0.3, -0.25) is 4.79 Å². The summed E-state index contributed by atoms with van der Waals surface area (Å²) in [6, 6.07) is 13.5. The molecule has 0 radical (unpaired) electrons. The minimum Gasteiger partial charge on any atom is -0.497 e. The molecule has 2 aromatic carbocycles. The van der Waals surface area contributed by atoms with Gasteiger partial charge in [0.1, 0.15) is 17.0 Å². The van der Waals surface area contributed by atoms with Crippen LogP contribution < -0.4 is 14.8 Å². The zero-order valence-electron chi connectivity index (χ0n) is 13.5. The Hall–Kier alpha value is -2.60. The minimum absolute atomic E-state index is 0.0594. The number of hydrogen-bond acceptors (Lipinski definition) is 5. The van der Waals surface area contributed by atoms with Crippen LogP contribution in [-0.2, 0) is 11.2 Å². The molecule has 3 aromatic rings. The van der Waals surface area contributed by atoms with E-state index in [4.69, 9.17) is 9.47 Å². The average Bonchev–Trinajstić information content (AvgIpc) is 3.02. The number of hydrogen-bond donors (Lipinski definition) is 1. The molecule has 0 unspecified atom stereocenters. The highest BCUT2D eigenvalue weighted by atomic mass is 32.1. The monoisotopic (exact) mass is 342 g/mol. The lowest BCUT2D eigenvalue weighted by Gasteiger charge is -2.04. The molecule has 0 saturated carbocycles. The van der Waals surface area contributed by atoms with Crippen molar-refractivity contribution in [1.82, 2.24) is 4.98 Å². The van der Waals surface area contributed by atoms with Gasteiger partial charge in [0.05, 0.1) is 18.9 Å². The zero-order valence-corrected chi connectivity index (χ0v) is 14.4. The summed E-state index contributed by atoms with van der Waals surface area (Å²) in [4.78, 5) is 16.6. The maximum Gasteiger partial charge on any atom is 0.226 e. The van der Waals surface area contributed by atoms with Gasteiger partial charge in [0.15, 0.2) is 5.13 Å². The molecule has 0 aliphatic rings. The number of ether oxygens (including phenoxy) is 2. The topological polar surface area (TPSA) is 60.5 Å². The Morgan fingerprint density at radius 3 is 2.79 bits per heavy atom. The van der Waals surface area contributed by atoms with Crippen molar-refractivity contribution in [3.05, 3.63) is 48.0 Å². The maximum atomic E-state index is 12.2. The number of methoxy groups -OCH3 is 2. The van der Waals surface area contributed by atoms with E-state index in [2.05, 4.69) is 10.3 Å². The number of amides is 1. The fourth-order valence-electron chi connectivity index (χ4n) is 2.41. The van der Waals surface area contributed by atoms with Crippen LogP contribution in [0.2, 0.25) is 0 Å². The standard InChI is InChI=1S/C18H18N2O3S/c1-22-13-6-3-5-12(11-13)9-10-16(21)19-18-20-17-14(23-2)7-4-8-15(17)24-18/h3-8,11H,9-10H2,1-2H3,(H,19,20,21). The molecule has 0 spiro atoms. The molecular formula is C18H18N2O3S. The van der Waals surface area contributed by atoms with E-state index in [-0.39, 0.29) is 5.91 Å². The smallest absolute Gasteiger partial charge is 0.226 e. The number of para-hydroxylation sites is 1. The van der Waals surface area contributed by atoms with Crippen molar-refractivity contribution in [2.75, 3.05) is 19.5 Å². The SMILES string of the molecule is COc1cccc(CCC(=O)Nc2nc3c(OC)cccc3s2)c1. The predicted molar refractivity (Wildman–Crippen MR) is 96.1 cm³/mol. The fourth-order valence-corrected chi connectivity index (χ4v) is 3.31. The molecule has 3 rings (SSSR count). The lowest BCUT2D eigenvalue weighted by Crippen LogP contribution is -2.12. The molecule has 0 saturated heterocycles. The van der Waals surface area contributed by atoms with Gasteiger partial charge >= 0.3 is 0 Å². The fraction of sp³-hybridized carbons (Fsp3) is 0.222. The Morgan fingerprint density at radius 2 is 2.00 bits per heavy atom. The summed E-state index contributed by atoms with van der Waals surface area (Å²) in [5.41, 5.74) is 1.84. The summed E-state index contributed by atoms with van der Waals surface area (Å²) >= 11 is 1.44. The number of fused-ring (bicyclic) bond motifs is 1. The number of thiazole rings is 1. The van der Waals surface area contributed by atoms with Crippen molar-refractivity contribution in [3.63, 3.8) is 0 Å². The Kier molecular flexibility index (Phi) is 4.96. The first kappa shape index (κ1) is 16.3. The highest BCUT2D eigenvalue weighted by Crippen LogP contribution is 2.32. The molecule has 0 aliphatic carbocycles. The van der Waals surface area contributed by atoms with E-state index < -0.39 is 0 Å². The van der Waals surface area contributed by atoms with Gasteiger partial charge in [-0.25, -0.2) is 4.98 Å². The van der Waals surface area contributed by atoms with Gasteiger partial charge in [-0.05, 0) is 36.2 Å². The summed E-state index contributed by atoms with van der Waals surface area (Å²) in [5, 5.41) is 3.45. The highest BCUT2D eigenvalue weighted by Gasteiger charge is 2.11. The zero-order chi connectivity index (χ0) is 16.9. The van der Waals surface area contributed by atoms with Gasteiger partial charge in [0, 0.05) is 6.42 Å². The second-order valence-electron chi connectivity index (χ2n) is 5.23. The van der Waals surface area contributed by atoms with Gasteiger partial charge < -0.3 is 14.8 Å². The molecular weight excluding hydrogens is 324 g/mol. The third-order valence-corrected chi connectivity index (χ3v) is 4.56. The van der Waals surface area contributed by atoms with Crippen LogP contribution in [0, 0.1) is 0 Å². The van der Waals surface area contributed by atoms with E-state index in [9.17, 15) is 4.79 Å². The van der Waals surface area contributed by atoms with Crippen molar-refractivity contribution in [2.45, 2.75) is 12.8 Å². The molecule has 0 bridgehead atoms. The minimum atomic E-state index is -0.0594. The molecule has 1 heterocycles. The van der Waals surface area contributed by atoms with Crippen LogP contribution in [-0.4, -0.2) is 25.1 Å². The van der Waals surface area contributed by atoms with Crippen LogP contribution in [0.4, 0.5) is 5.13 Å². The van der Waals surface area contributed by atoms with Gasteiger partial charge in [-0.2, -0.15) is 0 Å². The Bertz CT molecular complexity index is 860. The van der Waals surface area contributed by atoms with Crippen molar-refractivity contribution in [3.8, 4) is 11.5 Å². The summed E-state index contributed by atoms with van der Waals surface area (Å²) in [7, 11) is 3.24. The number of nitrogens with zero attached hydrogens (tertiary/aromatic N) is 1. The van der Waals surface area contributed by atoms with Crippen LogP contribution in [0.5, 0.6) is 11.5 Å². The molecule has 6 heteroatoms. The van der Waals surface area contributed by atoms with Crippen LogP contribution >= 0.6 is 11.3 Å². The molecule has 5 nitrogen and oxygen atoms in total. The first-order valence-electron chi connectivity index (χ1n) is 7.56. The summed E-state index contributed by atoms with van der Waals surface area (Å²) in [6.07, 6.45) is 1.04. The number of carbonyl (C=O) groups excluding carboxylic acids is 1. The van der Waals surface area contributed by atoms with E-state index >= 15 is 0 Å². The number of anilines is 1. The van der Waals surface area contributed by atoms with E-state index in [0.717, 1.165) is 21.5 Å². The van der Waals surface area contributed by atoms with E-state index in [1.54, 1.807) is 14.2 Å². The molecule has 1 aromatic heterocycles. The molecule has 0 aliphatic heterocycles. The molecule has 1 N–H and O–H groups in total. The third-order valence-electron chi connectivity index (χ3n) is 3.62. The van der Waals surface area contributed by atoms with Crippen LogP contribution in [0.25, 0.3) is 10.2 Å². The van der Waals surface area contributed by atoms with Crippen molar-refractivity contribution >= 4 is 32.6 Å². The number of carbonyl (C=O) groups is 1. The summed E-state index contributed by atoms with van der Waals surface area (Å²) < 4.78 is 11.5. The Labute approximate surface area is 144 Å². The lowest BCUT2D eigenvalue weighted by molar-refractivity contribution is -0.116. The number of nitrogens with one attached hydrogen (secondary N) is 1. The molecule has 1 amide bonds. The van der Waals surface area contributed by atoms with E-state index in [1.165, 1.54) is 11.3 Å². The normalized spacial score (nSPS) is 10.6. The summed E-state index contributed by atoms with van der Waals surface area (Å²) in [6.45, 7) is 0. The number of aromatic nitrogens is 1. The van der Waals surface area contributed by atoms with Gasteiger partial charge in [-0.1, -0.05) is 29.5 Å². The lowest BCUT2D eigenvalue weighted by atomic mass is 10.1. The van der Waals surface area contributed by atoms with E-state index in [1.807, 2.05) is 42.5 Å². The van der Waals surface area contributed by atoms with Crippen LogP contribution in [0.15, 0.2) is 42.5 Å². The maximum absolute atomic E-state index is 12.2. The molecule has 0 atom stereocenters. The third kappa shape index (κ3) is 3.65. The number of rotatable bonds is 6. The van der Waals surface area contributed by atoms with E-state index in [0.29, 0.717) is 23.7 Å². The molecule has 0 fully saturated rings. The second-order valence-corrected chi connectivity index (χ2v) is 6.26. The van der Waals surface area contributed by atoms with Crippen molar-refractivity contribution in [1.29, 1.82) is 0 Å². The van der Waals surface area contributed by atoms with Gasteiger partial charge in [-0.15, -0.1) is 0 Å². The van der Waals surface area contributed by atoms with Crippen molar-refractivity contribution in [2.24, 2.45) is 0 Å². The Morgan fingerprint density at radius 1 is 1.17 bits per heavy atom. The molecule has 124 valence electrons. The van der Waals surface area contributed by atoms with Gasteiger partial charge in [0.2, 0.25) is 5.91 Å². The highest BCUT2D eigenvalue weighted by molar-refractivity contribution is 7.22. The first-order chi connectivity index (χ1) is 11.7. The quantitative estimate of drug-likeness (QED) is 0.738. The first-order valence-corrected chi connectivity index (χ1v) is 8.37. The van der Waals surface area contributed by atoms with Crippen LogP contribution in [0.1, 0.15) is 12.0 Å². The van der Waals surface area contributed by atoms with Gasteiger partial charge in [0.25, 0.3) is 0 Å². The molecule has 24 heavy (non-hydrogen) atoms.